The Balaban J connectivity index is 0.613. The second kappa shape index (κ2) is 28.7. The highest BCUT2D eigenvalue weighted by molar-refractivity contribution is 7.26. The minimum atomic E-state index is -0.233. The van der Waals surface area contributed by atoms with Gasteiger partial charge in [-0.15, -0.1) is 11.3 Å². The molecule has 0 fully saturated rings. The van der Waals surface area contributed by atoms with Gasteiger partial charge in [0.25, 0.3) is 0 Å². The van der Waals surface area contributed by atoms with Crippen molar-refractivity contribution >= 4 is 119 Å². The zero-order valence-electron chi connectivity index (χ0n) is 69.4. The highest BCUT2D eigenvalue weighted by atomic mass is 32.1. The Bertz CT molecular complexity index is 8930. The van der Waals surface area contributed by atoms with Crippen LogP contribution in [0.25, 0.3) is 254 Å². The fourth-order valence-electron chi connectivity index (χ4n) is 20.3. The first-order valence-electron chi connectivity index (χ1n) is 43.4. The van der Waals surface area contributed by atoms with E-state index in [2.05, 4.69) is 405 Å². The normalized spacial score (nSPS) is 12.5. The maximum Gasteiger partial charge on any atom is 0.164 e. The summed E-state index contributed by atoms with van der Waals surface area (Å²) < 4.78 is 20.9. The molecule has 0 aliphatic heterocycles. The zero-order chi connectivity index (χ0) is 84.4. The Morgan fingerprint density at radius 1 is 0.219 bits per heavy atom. The van der Waals surface area contributed by atoms with Crippen molar-refractivity contribution in [2.24, 2.45) is 0 Å². The van der Waals surface area contributed by atoms with Crippen molar-refractivity contribution in [3.05, 3.63) is 412 Å². The average Bonchev–Trinajstić information content (AvgIpc) is 1.55. The maximum absolute atomic E-state index is 6.90. The van der Waals surface area contributed by atoms with E-state index in [9.17, 15) is 0 Å². The topological polar surface area (TPSA) is 113 Å². The molecular formula is C117H72N8O2S. The van der Waals surface area contributed by atoms with Crippen LogP contribution in [0.3, 0.4) is 0 Å². The molecule has 11 heteroatoms. The molecule has 1 aliphatic carbocycles. The Hall–Kier alpha value is -16.6. The molecule has 25 aromatic rings. The number of furan rings is 2. The van der Waals surface area contributed by atoms with Crippen LogP contribution in [-0.4, -0.2) is 39.0 Å². The number of rotatable bonds is 13. The third kappa shape index (κ3) is 11.6. The summed E-state index contributed by atoms with van der Waals surface area (Å²) in [5.74, 6) is 3.39. The molecule has 18 aromatic carbocycles. The van der Waals surface area contributed by atoms with Crippen molar-refractivity contribution in [1.29, 1.82) is 0 Å². The highest BCUT2D eigenvalue weighted by Gasteiger charge is 2.38. The van der Waals surface area contributed by atoms with Crippen molar-refractivity contribution in [3.63, 3.8) is 0 Å². The van der Waals surface area contributed by atoms with Gasteiger partial charge in [0, 0.05) is 113 Å². The summed E-state index contributed by atoms with van der Waals surface area (Å²) in [6.45, 7) is 4.64. The quantitative estimate of drug-likeness (QED) is 0.112. The predicted octanol–water partition coefficient (Wildman–Crippen LogP) is 31.1. The number of thiophene rings is 1. The molecule has 0 atom stereocenters. The van der Waals surface area contributed by atoms with E-state index in [4.69, 9.17) is 38.7 Å². The number of aromatic nitrogens is 8. The van der Waals surface area contributed by atoms with Crippen LogP contribution in [0.5, 0.6) is 0 Å². The monoisotopic (exact) mass is 1650 g/mol. The number of fused-ring (bicyclic) bond motifs is 18. The molecule has 0 unspecified atom stereocenters. The van der Waals surface area contributed by atoms with Crippen LogP contribution in [0, 0.1) is 0 Å². The first-order chi connectivity index (χ1) is 63.2. The van der Waals surface area contributed by atoms with Gasteiger partial charge in [0.2, 0.25) is 0 Å². The van der Waals surface area contributed by atoms with E-state index in [0.717, 1.165) is 188 Å². The fourth-order valence-corrected chi connectivity index (χ4v) is 21.4. The molecule has 7 heterocycles. The van der Waals surface area contributed by atoms with E-state index >= 15 is 0 Å². The summed E-state index contributed by atoms with van der Waals surface area (Å²) in [5.41, 5.74) is 30.2. The molecule has 0 radical (unpaired) electrons. The van der Waals surface area contributed by atoms with Gasteiger partial charge in [-0.3, -0.25) is 0 Å². The van der Waals surface area contributed by atoms with Gasteiger partial charge in [-0.05, 0) is 211 Å². The average molecular weight is 1650 g/mol. The number of benzene rings is 18. The lowest BCUT2D eigenvalue weighted by Crippen LogP contribution is -2.14. The summed E-state index contributed by atoms with van der Waals surface area (Å²) in [7, 11) is 0. The van der Waals surface area contributed by atoms with E-state index in [1.165, 1.54) is 42.2 Å². The molecule has 1 aliphatic rings. The van der Waals surface area contributed by atoms with Crippen LogP contribution in [0.2, 0.25) is 0 Å². The van der Waals surface area contributed by atoms with Gasteiger partial charge in [0.1, 0.15) is 22.3 Å². The lowest BCUT2D eigenvalue weighted by atomic mass is 9.82. The molecule has 10 nitrogen and oxygen atoms in total. The van der Waals surface area contributed by atoms with Gasteiger partial charge in [-0.1, -0.05) is 281 Å². The lowest BCUT2D eigenvalue weighted by molar-refractivity contribution is 0.660. The van der Waals surface area contributed by atoms with Crippen molar-refractivity contribution in [3.8, 4) is 146 Å². The minimum absolute atomic E-state index is 0.233. The van der Waals surface area contributed by atoms with E-state index in [1.807, 2.05) is 18.2 Å². The van der Waals surface area contributed by atoms with Gasteiger partial charge in [0.15, 0.2) is 34.9 Å². The van der Waals surface area contributed by atoms with Crippen LogP contribution >= 0.6 is 11.3 Å². The fraction of sp³-hybridized carbons (Fsp3) is 0.0256. The maximum atomic E-state index is 6.90. The molecule has 7 aromatic heterocycles. The van der Waals surface area contributed by atoms with E-state index in [0.29, 0.717) is 34.9 Å². The number of hydrogen-bond donors (Lipinski definition) is 0. The Morgan fingerprint density at radius 3 is 1.20 bits per heavy atom. The summed E-state index contributed by atoms with van der Waals surface area (Å²) in [6.07, 6.45) is 0. The largest absolute Gasteiger partial charge is 0.456 e. The zero-order valence-corrected chi connectivity index (χ0v) is 70.2. The number of para-hydroxylation sites is 3. The standard InChI is InChI=1S/C117H72N8O2S/c1-117(2)95-43-18-15-37-83(95)107-85(39-22-44-96(107)117)113-121-115(123-116(122-113)88-42-25-49-106-110(88)84-38-17-20-48-105(84)128-106)87-41-24-47-104-109(87)94-68-77(55-61-102(94)127-104)75-53-59-100-92(66-75)91-65-74(52-58-99(91)125(100)80-34-13-6-14-35-80)72-50-56-82(89(63-72)70-28-9-4-10-29-70)112-118-111(78-31-21-30-71(62-78)69-26-7-3-8-27-69)119-114(120-112)86-40-23-46-103-108(86)93-67-76(54-60-101(93)126-103)73-51-57-98-90(64-73)81-36-16-19-45-97(81)124(98)79-32-11-5-12-33-79/h3-68H,1-2H3. The van der Waals surface area contributed by atoms with Gasteiger partial charge in [-0.25, -0.2) is 29.9 Å². The SMILES string of the molecule is CC1(C)c2ccccc2-c2c(-c3nc(-c4cccc5oc6ccc(-c7ccc8c(c7)c7cc(-c9ccc(-c%10nc(-c%11cccc(-c%12ccccc%12)c%11)nc(-c%11cccc%12oc%13ccc(-c%14ccc%15c(c%14)c%14ccccc%14n%15-c%14ccccc%14)cc%13c%11%12)n%10)c(-c%10ccccc%10)c9)ccc7n8-c7ccccc7)cc6c45)nc(-c4cccc5sc6ccccc6c45)n3)cccc21. The van der Waals surface area contributed by atoms with Crippen molar-refractivity contribution in [1.82, 2.24) is 39.0 Å². The first kappa shape index (κ1) is 73.0. The van der Waals surface area contributed by atoms with Crippen LogP contribution in [-0.2, 0) is 5.41 Å². The molecule has 0 saturated heterocycles. The van der Waals surface area contributed by atoms with Gasteiger partial charge < -0.3 is 18.0 Å². The predicted molar refractivity (Wildman–Crippen MR) is 527 cm³/mol. The Morgan fingerprint density at radius 2 is 0.602 bits per heavy atom. The van der Waals surface area contributed by atoms with Crippen LogP contribution in [0.1, 0.15) is 25.0 Å². The molecule has 26 rings (SSSR count). The van der Waals surface area contributed by atoms with Crippen molar-refractivity contribution < 1.29 is 8.83 Å². The second-order valence-corrected chi connectivity index (χ2v) is 35.0. The second-order valence-electron chi connectivity index (χ2n) is 33.9. The van der Waals surface area contributed by atoms with Gasteiger partial charge in [0.05, 0.1) is 22.1 Å². The van der Waals surface area contributed by atoms with Crippen LogP contribution < -0.4 is 0 Å². The van der Waals surface area contributed by atoms with Gasteiger partial charge >= 0.3 is 0 Å². The molecule has 598 valence electrons. The summed E-state index contributed by atoms with van der Waals surface area (Å²) in [4.78, 5) is 33.5. The van der Waals surface area contributed by atoms with Crippen molar-refractivity contribution in [2.75, 3.05) is 0 Å². The smallest absolute Gasteiger partial charge is 0.164 e. The molecule has 128 heavy (non-hydrogen) atoms. The number of nitrogens with zero attached hydrogens (tertiary/aromatic N) is 8. The minimum Gasteiger partial charge on any atom is -0.456 e. The lowest BCUT2D eigenvalue weighted by Gasteiger charge is -2.21. The van der Waals surface area contributed by atoms with Crippen LogP contribution in [0.4, 0.5) is 0 Å². The van der Waals surface area contributed by atoms with Gasteiger partial charge in [-0.2, -0.15) is 0 Å². The number of hydrogen-bond acceptors (Lipinski definition) is 9. The van der Waals surface area contributed by atoms with E-state index < -0.39 is 0 Å². The molecule has 0 N–H and O–H groups in total. The highest BCUT2D eigenvalue weighted by Crippen LogP contribution is 2.54. The summed E-state index contributed by atoms with van der Waals surface area (Å²) in [6, 6.07) is 143. The molecule has 0 saturated carbocycles. The third-order valence-electron chi connectivity index (χ3n) is 26.3. The summed E-state index contributed by atoms with van der Waals surface area (Å²) in [5, 5.41) is 10.7. The van der Waals surface area contributed by atoms with E-state index in [1.54, 1.807) is 11.3 Å². The molecule has 0 bridgehead atoms. The Labute approximate surface area is 739 Å². The molecular weight excluding hydrogens is 1580 g/mol. The van der Waals surface area contributed by atoms with Crippen molar-refractivity contribution in [2.45, 2.75) is 19.3 Å². The molecule has 0 amide bonds. The van der Waals surface area contributed by atoms with Crippen LogP contribution in [0.15, 0.2) is 409 Å². The third-order valence-corrected chi connectivity index (χ3v) is 27.4. The Kier molecular flexibility index (Phi) is 16.4. The van der Waals surface area contributed by atoms with E-state index in [-0.39, 0.29) is 5.41 Å². The molecule has 0 spiro atoms. The first-order valence-corrected chi connectivity index (χ1v) is 44.2. The summed E-state index contributed by atoms with van der Waals surface area (Å²) >= 11 is 1.79.